The summed E-state index contributed by atoms with van der Waals surface area (Å²) in [4.78, 5) is 18.7. The number of nitrogens with one attached hydrogen (secondary N) is 2. The van der Waals surface area contributed by atoms with Crippen molar-refractivity contribution < 1.29 is 4.79 Å². The molecule has 2 aromatic carbocycles. The minimum atomic E-state index is -0.0282. The Kier molecular flexibility index (Phi) is 9.70. The number of aliphatic imine (C=N–C) groups is 1. The molecule has 29 heavy (non-hydrogen) atoms. The summed E-state index contributed by atoms with van der Waals surface area (Å²) in [6.45, 7) is 3.21. The number of benzene rings is 2. The zero-order valence-corrected chi connectivity index (χ0v) is 19.1. The summed E-state index contributed by atoms with van der Waals surface area (Å²) < 4.78 is 0. The van der Waals surface area contributed by atoms with E-state index in [1.807, 2.05) is 43.4 Å². The summed E-state index contributed by atoms with van der Waals surface area (Å²) in [5.41, 5.74) is 3.40. The summed E-state index contributed by atoms with van der Waals surface area (Å²) >= 11 is 0. The van der Waals surface area contributed by atoms with Gasteiger partial charge in [0, 0.05) is 38.8 Å². The van der Waals surface area contributed by atoms with Crippen molar-refractivity contribution in [3.05, 3.63) is 77.9 Å². The fraction of sp³-hybridized carbons (Fsp3) is 0.304. The first-order valence-corrected chi connectivity index (χ1v) is 9.81. The fourth-order valence-electron chi connectivity index (χ4n) is 3.29. The van der Waals surface area contributed by atoms with Gasteiger partial charge in [-0.1, -0.05) is 54.6 Å². The van der Waals surface area contributed by atoms with Crippen LogP contribution in [0.2, 0.25) is 0 Å². The number of hydrogen-bond acceptors (Lipinski definition) is 2. The molecule has 0 saturated carbocycles. The van der Waals surface area contributed by atoms with Crippen LogP contribution < -0.4 is 10.6 Å². The van der Waals surface area contributed by atoms with Crippen molar-refractivity contribution in [1.82, 2.24) is 15.5 Å². The molecule has 154 valence electrons. The van der Waals surface area contributed by atoms with Crippen molar-refractivity contribution in [2.24, 2.45) is 4.99 Å². The molecule has 0 atom stereocenters. The first kappa shape index (κ1) is 22.9. The van der Waals surface area contributed by atoms with Crippen LogP contribution >= 0.6 is 24.0 Å². The number of amides is 1. The molecule has 0 aromatic heterocycles. The monoisotopic (exact) mass is 504 g/mol. The van der Waals surface area contributed by atoms with Gasteiger partial charge < -0.3 is 15.5 Å². The topological polar surface area (TPSA) is 56.7 Å². The van der Waals surface area contributed by atoms with Gasteiger partial charge in [0.1, 0.15) is 0 Å². The van der Waals surface area contributed by atoms with Crippen molar-refractivity contribution in [3.8, 4) is 0 Å². The van der Waals surface area contributed by atoms with E-state index in [1.165, 1.54) is 11.1 Å². The van der Waals surface area contributed by atoms with Gasteiger partial charge in [0.2, 0.25) is 0 Å². The zero-order chi connectivity index (χ0) is 19.6. The number of nitrogens with zero attached hydrogens (tertiary/aromatic N) is 2. The van der Waals surface area contributed by atoms with Crippen LogP contribution in [0, 0.1) is 0 Å². The molecule has 1 aliphatic heterocycles. The third-order valence-corrected chi connectivity index (χ3v) is 4.82. The summed E-state index contributed by atoms with van der Waals surface area (Å²) in [5, 5.41) is 6.35. The van der Waals surface area contributed by atoms with Gasteiger partial charge in [0.25, 0.3) is 5.91 Å². The van der Waals surface area contributed by atoms with Crippen molar-refractivity contribution in [1.29, 1.82) is 0 Å². The molecule has 0 fully saturated rings. The average Bonchev–Trinajstić information content (AvgIpc) is 2.77. The lowest BCUT2D eigenvalue weighted by Gasteiger charge is -2.29. The van der Waals surface area contributed by atoms with Gasteiger partial charge in [-0.15, -0.1) is 24.0 Å². The average molecular weight is 504 g/mol. The molecule has 0 spiro atoms. The maximum absolute atomic E-state index is 12.0. The van der Waals surface area contributed by atoms with Crippen LogP contribution in [0.4, 0.5) is 0 Å². The highest BCUT2D eigenvalue weighted by molar-refractivity contribution is 14.0. The van der Waals surface area contributed by atoms with E-state index in [0.29, 0.717) is 12.1 Å². The summed E-state index contributed by atoms with van der Waals surface area (Å²) in [6, 6.07) is 19.8. The van der Waals surface area contributed by atoms with Gasteiger partial charge in [-0.25, -0.2) is 0 Å². The fourth-order valence-corrected chi connectivity index (χ4v) is 3.29. The standard InChI is InChI=1S/C23H28N4O.HI/c1-24-23(26-16-8-15-25-22(28)21-11-6-3-7-12-21)27-17-13-20(14-18-27)19-9-4-2-5-10-19;/h2-7,9-13H,8,14-18H2,1H3,(H,24,26)(H,25,28);1H. The highest BCUT2D eigenvalue weighted by atomic mass is 127. The number of hydrogen-bond donors (Lipinski definition) is 2. The Hall–Kier alpha value is -2.35. The largest absolute Gasteiger partial charge is 0.356 e. The Bertz CT molecular complexity index is 821. The number of carbonyl (C=O) groups excluding carboxylic acids is 1. The van der Waals surface area contributed by atoms with Crippen LogP contribution in [0.1, 0.15) is 28.8 Å². The molecule has 0 radical (unpaired) electrons. The van der Waals surface area contributed by atoms with Crippen LogP contribution in [0.5, 0.6) is 0 Å². The van der Waals surface area contributed by atoms with Gasteiger partial charge in [0.15, 0.2) is 5.96 Å². The maximum Gasteiger partial charge on any atom is 0.251 e. The highest BCUT2D eigenvalue weighted by Gasteiger charge is 2.15. The summed E-state index contributed by atoms with van der Waals surface area (Å²) in [5.74, 6) is 0.886. The van der Waals surface area contributed by atoms with Crippen LogP contribution in [0.15, 0.2) is 71.7 Å². The normalized spacial score (nSPS) is 13.9. The SMILES string of the molecule is CN=C(NCCCNC(=O)c1ccccc1)N1CC=C(c2ccccc2)CC1.I. The zero-order valence-electron chi connectivity index (χ0n) is 16.8. The highest BCUT2D eigenvalue weighted by Crippen LogP contribution is 2.21. The van der Waals surface area contributed by atoms with Crippen LogP contribution in [0.3, 0.4) is 0 Å². The van der Waals surface area contributed by atoms with Crippen molar-refractivity contribution in [3.63, 3.8) is 0 Å². The van der Waals surface area contributed by atoms with Crippen LogP contribution in [-0.4, -0.2) is 50.0 Å². The number of halogens is 1. The molecule has 2 aromatic rings. The second kappa shape index (κ2) is 12.3. The minimum absolute atomic E-state index is 0. The van der Waals surface area contributed by atoms with E-state index in [9.17, 15) is 4.79 Å². The van der Waals surface area contributed by atoms with E-state index in [0.717, 1.165) is 38.4 Å². The summed E-state index contributed by atoms with van der Waals surface area (Å²) in [7, 11) is 1.82. The van der Waals surface area contributed by atoms with Gasteiger partial charge in [0.05, 0.1) is 0 Å². The lowest BCUT2D eigenvalue weighted by atomic mass is 10.00. The van der Waals surface area contributed by atoms with Gasteiger partial charge in [-0.2, -0.15) is 0 Å². The first-order valence-electron chi connectivity index (χ1n) is 9.81. The molecule has 1 amide bonds. The number of carbonyl (C=O) groups is 1. The molecular weight excluding hydrogens is 475 g/mol. The Morgan fingerprint density at radius 2 is 1.66 bits per heavy atom. The predicted octanol–water partition coefficient (Wildman–Crippen LogP) is 3.79. The molecule has 0 bridgehead atoms. The Balaban J connectivity index is 0.00000300. The van der Waals surface area contributed by atoms with Gasteiger partial charge in [-0.3, -0.25) is 9.79 Å². The molecule has 0 aliphatic carbocycles. The Morgan fingerprint density at radius 3 is 2.28 bits per heavy atom. The van der Waals surface area contributed by atoms with E-state index < -0.39 is 0 Å². The molecule has 0 unspecified atom stereocenters. The quantitative estimate of drug-likeness (QED) is 0.273. The smallest absolute Gasteiger partial charge is 0.251 e. The van der Waals surface area contributed by atoms with Crippen LogP contribution in [0.25, 0.3) is 5.57 Å². The number of rotatable bonds is 6. The summed E-state index contributed by atoms with van der Waals surface area (Å²) in [6.07, 6.45) is 4.14. The molecular formula is C23H29IN4O. The van der Waals surface area contributed by atoms with Gasteiger partial charge >= 0.3 is 0 Å². The third kappa shape index (κ3) is 6.88. The van der Waals surface area contributed by atoms with Crippen molar-refractivity contribution in [2.75, 3.05) is 33.2 Å². The second-order valence-corrected chi connectivity index (χ2v) is 6.74. The van der Waals surface area contributed by atoms with E-state index in [1.54, 1.807) is 0 Å². The van der Waals surface area contributed by atoms with Crippen molar-refractivity contribution in [2.45, 2.75) is 12.8 Å². The molecule has 1 aliphatic rings. The number of guanidine groups is 1. The molecule has 6 heteroatoms. The molecule has 5 nitrogen and oxygen atoms in total. The lowest BCUT2D eigenvalue weighted by molar-refractivity contribution is 0.0953. The molecule has 3 rings (SSSR count). The third-order valence-electron chi connectivity index (χ3n) is 4.82. The van der Waals surface area contributed by atoms with Gasteiger partial charge in [-0.05, 0) is 36.1 Å². The van der Waals surface area contributed by atoms with E-state index in [4.69, 9.17) is 0 Å². The predicted molar refractivity (Wildman–Crippen MR) is 131 cm³/mol. The van der Waals surface area contributed by atoms with Crippen molar-refractivity contribution >= 4 is 41.4 Å². The van der Waals surface area contributed by atoms with E-state index in [-0.39, 0.29) is 29.9 Å². The Labute approximate surface area is 190 Å². The minimum Gasteiger partial charge on any atom is -0.356 e. The second-order valence-electron chi connectivity index (χ2n) is 6.74. The maximum atomic E-state index is 12.0. The Morgan fingerprint density at radius 1 is 1.00 bits per heavy atom. The van der Waals surface area contributed by atoms with Crippen LogP contribution in [-0.2, 0) is 0 Å². The van der Waals surface area contributed by atoms with E-state index in [2.05, 4.69) is 50.9 Å². The molecule has 2 N–H and O–H groups in total. The molecule has 0 saturated heterocycles. The van der Waals surface area contributed by atoms with E-state index >= 15 is 0 Å². The lowest BCUT2D eigenvalue weighted by Crippen LogP contribution is -2.44. The molecule has 1 heterocycles. The first-order chi connectivity index (χ1) is 13.8.